The highest BCUT2D eigenvalue weighted by molar-refractivity contribution is 5.80. The van der Waals surface area contributed by atoms with E-state index in [0.29, 0.717) is 18.3 Å². The van der Waals surface area contributed by atoms with Crippen LogP contribution in [-0.4, -0.2) is 22.2 Å². The normalized spacial score (nSPS) is 33.9. The van der Waals surface area contributed by atoms with Gasteiger partial charge >= 0.3 is 11.9 Å². The number of carboxylic acid groups (broad SMARTS) is 2. The molecule has 0 heterocycles. The molecule has 0 aromatic rings. The van der Waals surface area contributed by atoms with E-state index in [2.05, 4.69) is 13.8 Å². The molecule has 1 saturated carbocycles. The maximum atomic E-state index is 11.4. The number of carboxylic acids is 2. The minimum atomic E-state index is -0.955. The fourth-order valence-electron chi connectivity index (χ4n) is 3.22. The molecule has 1 aliphatic carbocycles. The number of hydrogen-bond acceptors (Lipinski definition) is 2. The first-order valence-electron chi connectivity index (χ1n) is 6.82. The van der Waals surface area contributed by atoms with Gasteiger partial charge in [-0.3, -0.25) is 9.59 Å². The van der Waals surface area contributed by atoms with Gasteiger partial charge in [0.2, 0.25) is 0 Å². The van der Waals surface area contributed by atoms with Gasteiger partial charge in [0.1, 0.15) is 0 Å². The summed E-state index contributed by atoms with van der Waals surface area (Å²) in [7, 11) is 0. The molecule has 1 fully saturated rings. The zero-order chi connectivity index (χ0) is 13.9. The zero-order valence-electron chi connectivity index (χ0n) is 11.4. The molecule has 5 unspecified atom stereocenters. The summed E-state index contributed by atoms with van der Waals surface area (Å²) in [5.41, 5.74) is 0. The zero-order valence-corrected chi connectivity index (χ0v) is 11.4. The number of aliphatic carboxylic acids is 2. The fourth-order valence-corrected chi connectivity index (χ4v) is 3.22. The van der Waals surface area contributed by atoms with Crippen molar-refractivity contribution >= 4 is 11.9 Å². The molecule has 5 atom stereocenters. The molecular weight excluding hydrogens is 232 g/mol. The van der Waals surface area contributed by atoms with Gasteiger partial charge in [0.25, 0.3) is 0 Å². The summed E-state index contributed by atoms with van der Waals surface area (Å²) in [6.45, 7) is 6.22. The highest BCUT2D eigenvalue weighted by Crippen LogP contribution is 2.41. The average molecular weight is 256 g/mol. The van der Waals surface area contributed by atoms with Crippen LogP contribution in [-0.2, 0) is 9.59 Å². The molecule has 0 bridgehead atoms. The Morgan fingerprint density at radius 1 is 1.22 bits per heavy atom. The molecule has 2 N–H and O–H groups in total. The van der Waals surface area contributed by atoms with Gasteiger partial charge in [-0.05, 0) is 37.0 Å². The monoisotopic (exact) mass is 256 g/mol. The van der Waals surface area contributed by atoms with Crippen LogP contribution < -0.4 is 0 Å². The van der Waals surface area contributed by atoms with Gasteiger partial charge in [0.05, 0.1) is 11.8 Å². The Labute approximate surface area is 108 Å². The molecule has 1 rings (SSSR count). The molecular formula is C14H24O4. The highest BCUT2D eigenvalue weighted by Gasteiger charge is 2.44. The van der Waals surface area contributed by atoms with Crippen LogP contribution in [0.2, 0.25) is 0 Å². The van der Waals surface area contributed by atoms with E-state index in [4.69, 9.17) is 0 Å². The predicted molar refractivity (Wildman–Crippen MR) is 68.2 cm³/mol. The Morgan fingerprint density at radius 2 is 1.83 bits per heavy atom. The molecule has 1 aliphatic rings. The van der Waals surface area contributed by atoms with Crippen LogP contribution >= 0.6 is 0 Å². The molecule has 0 spiro atoms. The van der Waals surface area contributed by atoms with Crippen molar-refractivity contribution in [3.8, 4) is 0 Å². The fraction of sp³-hybridized carbons (Fsp3) is 0.857. The van der Waals surface area contributed by atoms with Crippen molar-refractivity contribution in [2.24, 2.45) is 29.6 Å². The molecule has 0 radical (unpaired) electrons. The predicted octanol–water partition coefficient (Wildman–Crippen LogP) is 2.87. The summed E-state index contributed by atoms with van der Waals surface area (Å²) in [4.78, 5) is 22.6. The summed E-state index contributed by atoms with van der Waals surface area (Å²) < 4.78 is 0. The van der Waals surface area contributed by atoms with Crippen molar-refractivity contribution in [2.75, 3.05) is 0 Å². The molecule has 104 valence electrons. The molecule has 18 heavy (non-hydrogen) atoms. The molecule has 0 aromatic heterocycles. The van der Waals surface area contributed by atoms with E-state index >= 15 is 0 Å². The average Bonchev–Trinajstić information content (AvgIpc) is 2.27. The van der Waals surface area contributed by atoms with Gasteiger partial charge < -0.3 is 10.2 Å². The van der Waals surface area contributed by atoms with Crippen molar-refractivity contribution in [3.05, 3.63) is 0 Å². The second-order valence-corrected chi connectivity index (χ2v) is 5.89. The first-order chi connectivity index (χ1) is 8.36. The van der Waals surface area contributed by atoms with Crippen LogP contribution in [0.15, 0.2) is 0 Å². The Hall–Kier alpha value is -1.06. The van der Waals surface area contributed by atoms with Crippen molar-refractivity contribution in [3.63, 3.8) is 0 Å². The van der Waals surface area contributed by atoms with Crippen LogP contribution in [0.3, 0.4) is 0 Å². The first-order valence-corrected chi connectivity index (χ1v) is 6.82. The summed E-state index contributed by atoms with van der Waals surface area (Å²) in [5.74, 6) is -2.58. The molecule has 0 amide bonds. The Kier molecular flexibility index (Phi) is 5.17. The van der Waals surface area contributed by atoms with E-state index < -0.39 is 23.8 Å². The number of rotatable bonds is 5. The van der Waals surface area contributed by atoms with Gasteiger partial charge in [0.15, 0.2) is 0 Å². The molecule has 0 aromatic carbocycles. The lowest BCUT2D eigenvalue weighted by atomic mass is 9.65. The minimum absolute atomic E-state index is 0.00213. The molecule has 0 saturated heterocycles. The lowest BCUT2D eigenvalue weighted by molar-refractivity contribution is -0.160. The van der Waals surface area contributed by atoms with Crippen LogP contribution in [0.5, 0.6) is 0 Å². The topological polar surface area (TPSA) is 74.6 Å². The number of carbonyl (C=O) groups is 2. The Bertz CT molecular complexity index is 313. The van der Waals surface area contributed by atoms with E-state index in [1.807, 2.05) is 6.92 Å². The summed E-state index contributed by atoms with van der Waals surface area (Å²) in [5, 5.41) is 18.6. The van der Waals surface area contributed by atoms with Gasteiger partial charge in [-0.25, -0.2) is 0 Å². The Morgan fingerprint density at radius 3 is 2.28 bits per heavy atom. The molecule has 4 nitrogen and oxygen atoms in total. The smallest absolute Gasteiger partial charge is 0.307 e. The maximum absolute atomic E-state index is 11.4. The maximum Gasteiger partial charge on any atom is 0.307 e. The largest absolute Gasteiger partial charge is 0.481 e. The summed E-state index contributed by atoms with van der Waals surface area (Å²) in [6.07, 6.45) is 3.16. The van der Waals surface area contributed by atoms with Gasteiger partial charge in [-0.1, -0.05) is 27.2 Å². The van der Waals surface area contributed by atoms with Gasteiger partial charge in [-0.2, -0.15) is 0 Å². The lowest BCUT2D eigenvalue weighted by Gasteiger charge is -2.37. The molecule has 4 heteroatoms. The SMILES string of the molecule is CCC(C)CC1CC(C)CC(C(=O)O)C1C(=O)O. The van der Waals surface area contributed by atoms with Gasteiger partial charge in [-0.15, -0.1) is 0 Å². The highest BCUT2D eigenvalue weighted by atomic mass is 16.4. The second kappa shape index (κ2) is 6.21. The third kappa shape index (κ3) is 3.47. The summed E-state index contributed by atoms with van der Waals surface area (Å²) >= 11 is 0. The van der Waals surface area contributed by atoms with Crippen LogP contribution in [0.4, 0.5) is 0 Å². The van der Waals surface area contributed by atoms with E-state index in [1.165, 1.54) is 0 Å². The van der Waals surface area contributed by atoms with Crippen LogP contribution in [0, 0.1) is 29.6 Å². The van der Waals surface area contributed by atoms with Crippen LogP contribution in [0.1, 0.15) is 46.5 Å². The van der Waals surface area contributed by atoms with E-state index in [1.54, 1.807) is 0 Å². The van der Waals surface area contributed by atoms with E-state index in [9.17, 15) is 19.8 Å². The lowest BCUT2D eigenvalue weighted by Crippen LogP contribution is -2.41. The minimum Gasteiger partial charge on any atom is -0.481 e. The summed E-state index contributed by atoms with van der Waals surface area (Å²) in [6, 6.07) is 0. The Balaban J connectivity index is 2.89. The van der Waals surface area contributed by atoms with Crippen LogP contribution in [0.25, 0.3) is 0 Å². The third-order valence-corrected chi connectivity index (χ3v) is 4.31. The standard InChI is InChI=1S/C14H24O4/c1-4-8(2)5-10-6-9(3)7-11(13(15)16)12(10)14(17)18/h8-12H,4-7H2,1-3H3,(H,15,16)(H,17,18). The van der Waals surface area contributed by atoms with Crippen molar-refractivity contribution < 1.29 is 19.8 Å². The first kappa shape index (κ1) is 15.0. The van der Waals surface area contributed by atoms with Gasteiger partial charge in [0, 0.05) is 0 Å². The third-order valence-electron chi connectivity index (χ3n) is 4.31. The van der Waals surface area contributed by atoms with Crippen molar-refractivity contribution in [2.45, 2.75) is 46.5 Å². The van der Waals surface area contributed by atoms with E-state index in [-0.39, 0.29) is 5.92 Å². The van der Waals surface area contributed by atoms with Crippen molar-refractivity contribution in [1.82, 2.24) is 0 Å². The number of hydrogen-bond donors (Lipinski definition) is 2. The quantitative estimate of drug-likeness (QED) is 0.793. The van der Waals surface area contributed by atoms with E-state index in [0.717, 1.165) is 19.3 Å². The molecule has 0 aliphatic heterocycles. The second-order valence-electron chi connectivity index (χ2n) is 5.89. The van der Waals surface area contributed by atoms with Crippen molar-refractivity contribution in [1.29, 1.82) is 0 Å².